The molecule has 0 unspecified atom stereocenters. The van der Waals surface area contributed by atoms with Gasteiger partial charge in [0.15, 0.2) is 5.82 Å². The van der Waals surface area contributed by atoms with Crippen molar-refractivity contribution in [1.82, 2.24) is 5.16 Å². The highest BCUT2D eigenvalue weighted by molar-refractivity contribution is 5.82. The third-order valence-electron chi connectivity index (χ3n) is 2.29. The maximum atomic E-state index is 10.1. The van der Waals surface area contributed by atoms with Gasteiger partial charge in [-0.2, -0.15) is 0 Å². The normalized spacial score (nSPS) is 10.3. The third kappa shape index (κ3) is 5.43. The molecule has 1 aromatic heterocycles. The van der Waals surface area contributed by atoms with Crippen molar-refractivity contribution in [2.75, 3.05) is 11.1 Å². The molecule has 108 valence electrons. The molecule has 6 nitrogen and oxygen atoms in total. The molecule has 0 spiro atoms. The Morgan fingerprint density at radius 1 is 1.30 bits per heavy atom. The SMILES string of the molecule is CC(C)(C)c1cc(N)no1.O=C(O)Nc1ccccc1. The average molecular weight is 277 g/mol. The quantitative estimate of drug-likeness (QED) is 0.742. The summed E-state index contributed by atoms with van der Waals surface area (Å²) in [5.41, 5.74) is 5.97. The van der Waals surface area contributed by atoms with E-state index in [1.807, 2.05) is 26.8 Å². The van der Waals surface area contributed by atoms with Gasteiger partial charge >= 0.3 is 6.09 Å². The van der Waals surface area contributed by atoms with E-state index in [2.05, 4.69) is 10.5 Å². The van der Waals surface area contributed by atoms with Crippen LogP contribution in [0.25, 0.3) is 0 Å². The van der Waals surface area contributed by atoms with Gasteiger partial charge in [0.2, 0.25) is 0 Å². The van der Waals surface area contributed by atoms with Gasteiger partial charge in [0.1, 0.15) is 5.76 Å². The second-order valence-electron chi connectivity index (χ2n) is 5.16. The van der Waals surface area contributed by atoms with Crippen LogP contribution >= 0.6 is 0 Å². The van der Waals surface area contributed by atoms with Gasteiger partial charge in [-0.15, -0.1) is 0 Å². The van der Waals surface area contributed by atoms with Gasteiger partial charge < -0.3 is 15.4 Å². The number of para-hydroxylation sites is 1. The minimum atomic E-state index is -1.04. The zero-order chi connectivity index (χ0) is 15.2. The fourth-order valence-electron chi connectivity index (χ4n) is 1.29. The number of anilines is 2. The summed E-state index contributed by atoms with van der Waals surface area (Å²) in [5.74, 6) is 1.27. The topological polar surface area (TPSA) is 101 Å². The smallest absolute Gasteiger partial charge is 0.409 e. The summed E-state index contributed by atoms with van der Waals surface area (Å²) in [5, 5.41) is 14.1. The molecule has 0 fully saturated rings. The van der Waals surface area contributed by atoms with E-state index in [0.717, 1.165) is 5.76 Å². The van der Waals surface area contributed by atoms with E-state index in [9.17, 15) is 4.79 Å². The Morgan fingerprint density at radius 2 is 1.90 bits per heavy atom. The van der Waals surface area contributed by atoms with Gasteiger partial charge in [-0.1, -0.05) is 44.1 Å². The lowest BCUT2D eigenvalue weighted by molar-refractivity contribution is 0.210. The van der Waals surface area contributed by atoms with Crippen LogP contribution in [0, 0.1) is 0 Å². The molecule has 0 saturated heterocycles. The van der Waals surface area contributed by atoms with Crippen LogP contribution in [0.2, 0.25) is 0 Å². The maximum absolute atomic E-state index is 10.1. The number of hydrogen-bond donors (Lipinski definition) is 3. The predicted octanol–water partition coefficient (Wildman–Crippen LogP) is 3.33. The standard InChI is InChI=1S/C7H12N2O.C7H7NO2/c1-7(2,3)5-4-6(8)9-10-5;9-7(10)8-6-4-2-1-3-5-6/h4H,1-3H3,(H2,8,9);1-5,8H,(H,9,10). The van der Waals surface area contributed by atoms with Gasteiger partial charge in [0.25, 0.3) is 0 Å². The van der Waals surface area contributed by atoms with Crippen LogP contribution < -0.4 is 11.1 Å². The number of aromatic nitrogens is 1. The largest absolute Gasteiger partial charge is 0.465 e. The van der Waals surface area contributed by atoms with Crippen molar-refractivity contribution in [3.05, 3.63) is 42.2 Å². The monoisotopic (exact) mass is 277 g/mol. The van der Waals surface area contributed by atoms with Gasteiger partial charge in [-0.25, -0.2) is 4.79 Å². The van der Waals surface area contributed by atoms with Crippen molar-refractivity contribution in [2.24, 2.45) is 0 Å². The van der Waals surface area contributed by atoms with Crippen LogP contribution in [0.15, 0.2) is 40.9 Å². The number of nitrogens with zero attached hydrogens (tertiary/aromatic N) is 1. The van der Waals surface area contributed by atoms with E-state index < -0.39 is 6.09 Å². The fraction of sp³-hybridized carbons (Fsp3) is 0.286. The van der Waals surface area contributed by atoms with Crippen molar-refractivity contribution in [3.8, 4) is 0 Å². The summed E-state index contributed by atoms with van der Waals surface area (Å²) in [7, 11) is 0. The number of hydrogen-bond acceptors (Lipinski definition) is 4. The number of nitrogens with one attached hydrogen (secondary N) is 1. The molecule has 0 aliphatic rings. The zero-order valence-corrected chi connectivity index (χ0v) is 11.8. The second-order valence-corrected chi connectivity index (χ2v) is 5.16. The first-order valence-electron chi connectivity index (χ1n) is 6.06. The van der Waals surface area contributed by atoms with Crippen LogP contribution in [0.3, 0.4) is 0 Å². The number of nitrogens with two attached hydrogens (primary N) is 1. The van der Waals surface area contributed by atoms with E-state index in [1.54, 1.807) is 30.3 Å². The first-order chi connectivity index (χ1) is 9.29. The maximum Gasteiger partial charge on any atom is 0.409 e. The van der Waals surface area contributed by atoms with Gasteiger partial charge in [0.05, 0.1) is 0 Å². The van der Waals surface area contributed by atoms with Crippen LogP contribution in [0.1, 0.15) is 26.5 Å². The lowest BCUT2D eigenvalue weighted by Gasteiger charge is -2.11. The molecule has 0 atom stereocenters. The predicted molar refractivity (Wildman–Crippen MR) is 77.7 cm³/mol. The summed E-state index contributed by atoms with van der Waals surface area (Å²) in [6.45, 7) is 6.15. The summed E-state index contributed by atoms with van der Waals surface area (Å²) in [6.07, 6.45) is -1.04. The Balaban J connectivity index is 0.000000200. The molecule has 0 aliphatic heterocycles. The second kappa shape index (κ2) is 6.60. The average Bonchev–Trinajstić information content (AvgIpc) is 2.77. The van der Waals surface area contributed by atoms with E-state index in [0.29, 0.717) is 11.5 Å². The van der Waals surface area contributed by atoms with Crippen molar-refractivity contribution >= 4 is 17.6 Å². The van der Waals surface area contributed by atoms with Crippen molar-refractivity contribution < 1.29 is 14.4 Å². The molecule has 20 heavy (non-hydrogen) atoms. The number of carbonyl (C=O) groups is 1. The van der Waals surface area contributed by atoms with Crippen molar-refractivity contribution in [2.45, 2.75) is 26.2 Å². The lowest BCUT2D eigenvalue weighted by atomic mass is 9.93. The number of rotatable bonds is 1. The molecular weight excluding hydrogens is 258 g/mol. The molecule has 0 aliphatic carbocycles. The molecule has 1 amide bonds. The molecule has 4 N–H and O–H groups in total. The van der Waals surface area contributed by atoms with Crippen molar-refractivity contribution in [3.63, 3.8) is 0 Å². The Kier molecular flexibility index (Phi) is 5.14. The van der Waals surface area contributed by atoms with E-state index in [-0.39, 0.29) is 5.41 Å². The first kappa shape index (κ1) is 15.6. The highest BCUT2D eigenvalue weighted by atomic mass is 16.5. The summed E-state index contributed by atoms with van der Waals surface area (Å²) < 4.78 is 4.95. The van der Waals surface area contributed by atoms with Gasteiger partial charge in [0, 0.05) is 17.2 Å². The van der Waals surface area contributed by atoms with E-state index in [1.165, 1.54) is 0 Å². The van der Waals surface area contributed by atoms with Gasteiger partial charge in [-0.3, -0.25) is 5.32 Å². The van der Waals surface area contributed by atoms with Crippen molar-refractivity contribution in [1.29, 1.82) is 0 Å². The van der Waals surface area contributed by atoms with E-state index >= 15 is 0 Å². The van der Waals surface area contributed by atoms with Crippen LogP contribution in [-0.2, 0) is 5.41 Å². The molecule has 6 heteroatoms. The molecule has 2 rings (SSSR count). The Morgan fingerprint density at radius 3 is 2.25 bits per heavy atom. The van der Waals surface area contributed by atoms with Crippen LogP contribution in [0.5, 0.6) is 0 Å². The summed E-state index contributed by atoms with van der Waals surface area (Å²) in [6, 6.07) is 10.5. The Bertz CT molecular complexity index is 544. The van der Waals surface area contributed by atoms with Gasteiger partial charge in [-0.05, 0) is 12.1 Å². The minimum absolute atomic E-state index is 0.00458. The number of carboxylic acid groups (broad SMARTS) is 1. The fourth-order valence-corrected chi connectivity index (χ4v) is 1.29. The molecule has 1 heterocycles. The van der Waals surface area contributed by atoms with Crippen LogP contribution in [0.4, 0.5) is 16.3 Å². The number of nitrogen functional groups attached to an aromatic ring is 1. The molecule has 0 saturated carbocycles. The van der Waals surface area contributed by atoms with Crippen LogP contribution in [-0.4, -0.2) is 16.4 Å². The molecule has 0 bridgehead atoms. The third-order valence-corrected chi connectivity index (χ3v) is 2.29. The molecule has 0 radical (unpaired) electrons. The summed E-state index contributed by atoms with van der Waals surface area (Å²) >= 11 is 0. The first-order valence-corrected chi connectivity index (χ1v) is 6.06. The van der Waals surface area contributed by atoms with E-state index in [4.69, 9.17) is 15.4 Å². The zero-order valence-electron chi connectivity index (χ0n) is 11.8. The lowest BCUT2D eigenvalue weighted by Crippen LogP contribution is -2.09. The highest BCUT2D eigenvalue weighted by Gasteiger charge is 2.18. The molecular formula is C14H19N3O3. The number of amides is 1. The number of benzene rings is 1. The Hall–Kier alpha value is -2.50. The molecule has 1 aromatic carbocycles. The minimum Gasteiger partial charge on any atom is -0.465 e. The highest BCUT2D eigenvalue weighted by Crippen LogP contribution is 2.22. The Labute approximate surface area is 117 Å². The summed E-state index contributed by atoms with van der Waals surface area (Å²) in [4.78, 5) is 10.1. The molecule has 2 aromatic rings.